The summed E-state index contributed by atoms with van der Waals surface area (Å²) in [5.74, 6) is 0.0475. The summed E-state index contributed by atoms with van der Waals surface area (Å²) in [6.07, 6.45) is 3.20. The average Bonchev–Trinajstić information content (AvgIpc) is 2.73. The molecular formula is C22H28N4O2. The predicted octanol–water partition coefficient (Wildman–Crippen LogP) is 3.28. The number of carbonyl (C=O) groups excluding carboxylic acids is 2. The van der Waals surface area contributed by atoms with Gasteiger partial charge in [-0.1, -0.05) is 48.5 Å². The minimum Gasteiger partial charge on any atom is -0.338 e. The van der Waals surface area contributed by atoms with Crippen molar-refractivity contribution in [3.05, 3.63) is 66.2 Å². The second kappa shape index (κ2) is 9.90. The van der Waals surface area contributed by atoms with E-state index >= 15 is 0 Å². The average molecular weight is 380 g/mol. The highest BCUT2D eigenvalue weighted by Gasteiger charge is 2.28. The van der Waals surface area contributed by atoms with Crippen molar-refractivity contribution in [3.8, 4) is 0 Å². The van der Waals surface area contributed by atoms with Gasteiger partial charge in [0.15, 0.2) is 0 Å². The van der Waals surface area contributed by atoms with Gasteiger partial charge in [-0.15, -0.1) is 0 Å². The summed E-state index contributed by atoms with van der Waals surface area (Å²) < 4.78 is 0. The van der Waals surface area contributed by atoms with Gasteiger partial charge in [0.1, 0.15) is 0 Å². The van der Waals surface area contributed by atoms with Crippen LogP contribution in [0.25, 0.3) is 0 Å². The van der Waals surface area contributed by atoms with E-state index in [1.54, 1.807) is 0 Å². The van der Waals surface area contributed by atoms with Gasteiger partial charge >= 0.3 is 6.03 Å². The molecule has 0 aromatic heterocycles. The van der Waals surface area contributed by atoms with E-state index in [2.05, 4.69) is 10.6 Å². The molecule has 2 aromatic carbocycles. The molecule has 2 unspecified atom stereocenters. The third-order valence-corrected chi connectivity index (χ3v) is 5.10. The molecule has 6 nitrogen and oxygen atoms in total. The third-order valence-electron chi connectivity index (χ3n) is 5.10. The van der Waals surface area contributed by atoms with Crippen LogP contribution in [0.3, 0.4) is 0 Å². The largest absolute Gasteiger partial charge is 0.338 e. The summed E-state index contributed by atoms with van der Waals surface area (Å²) in [7, 11) is 0. The molecule has 28 heavy (non-hydrogen) atoms. The van der Waals surface area contributed by atoms with Crippen molar-refractivity contribution >= 4 is 17.6 Å². The normalized spacial score (nSPS) is 17.6. The predicted molar refractivity (Wildman–Crippen MR) is 111 cm³/mol. The molecule has 1 saturated heterocycles. The smallest absolute Gasteiger partial charge is 0.319 e. The number of nitrogens with two attached hydrogens (primary N) is 1. The number of nitrogens with zero attached hydrogens (tertiary/aromatic N) is 1. The number of urea groups is 1. The van der Waals surface area contributed by atoms with Crippen molar-refractivity contribution in [3.63, 3.8) is 0 Å². The van der Waals surface area contributed by atoms with Gasteiger partial charge in [-0.25, -0.2) is 4.79 Å². The Morgan fingerprint density at radius 1 is 1.04 bits per heavy atom. The Bertz CT molecular complexity index is 767. The molecule has 0 saturated carbocycles. The zero-order chi connectivity index (χ0) is 19.8. The molecule has 3 rings (SSSR count). The lowest BCUT2D eigenvalue weighted by Gasteiger charge is -2.36. The molecule has 148 valence electrons. The van der Waals surface area contributed by atoms with Crippen molar-refractivity contribution < 1.29 is 9.59 Å². The van der Waals surface area contributed by atoms with E-state index in [0.717, 1.165) is 30.5 Å². The number of likely N-dealkylation sites (tertiary alicyclic amines) is 1. The first-order chi connectivity index (χ1) is 13.6. The number of hydrogen-bond donors (Lipinski definition) is 3. The highest BCUT2D eigenvalue weighted by atomic mass is 16.2. The second-order valence-electron chi connectivity index (χ2n) is 7.16. The van der Waals surface area contributed by atoms with Gasteiger partial charge in [-0.05, 0) is 37.0 Å². The zero-order valence-electron chi connectivity index (χ0n) is 16.0. The zero-order valence-corrected chi connectivity index (χ0v) is 16.0. The third kappa shape index (κ3) is 5.57. The number of para-hydroxylation sites is 1. The van der Waals surface area contributed by atoms with E-state index in [1.165, 1.54) is 0 Å². The minimum absolute atomic E-state index is 0.00532. The van der Waals surface area contributed by atoms with E-state index in [1.807, 2.05) is 65.6 Å². The van der Waals surface area contributed by atoms with Crippen molar-refractivity contribution in [1.82, 2.24) is 10.2 Å². The monoisotopic (exact) mass is 380 g/mol. The fourth-order valence-electron chi connectivity index (χ4n) is 3.57. The number of amides is 3. The highest BCUT2D eigenvalue weighted by molar-refractivity contribution is 5.89. The van der Waals surface area contributed by atoms with Crippen LogP contribution in [-0.2, 0) is 4.79 Å². The number of benzene rings is 2. The molecule has 0 spiro atoms. The second-order valence-corrected chi connectivity index (χ2v) is 7.16. The Kier molecular flexibility index (Phi) is 7.03. The van der Waals surface area contributed by atoms with Crippen LogP contribution in [-0.4, -0.2) is 36.0 Å². The molecule has 3 amide bonds. The highest BCUT2D eigenvalue weighted by Crippen LogP contribution is 2.21. The Hall–Kier alpha value is -2.86. The van der Waals surface area contributed by atoms with E-state index in [0.29, 0.717) is 13.1 Å². The molecule has 2 aromatic rings. The first-order valence-corrected chi connectivity index (χ1v) is 9.83. The molecule has 0 bridgehead atoms. The summed E-state index contributed by atoms with van der Waals surface area (Å²) in [6.45, 7) is 1.15. The number of anilines is 1. The van der Waals surface area contributed by atoms with E-state index < -0.39 is 0 Å². The van der Waals surface area contributed by atoms with Crippen LogP contribution in [0.5, 0.6) is 0 Å². The van der Waals surface area contributed by atoms with Gasteiger partial charge < -0.3 is 21.3 Å². The summed E-state index contributed by atoms with van der Waals surface area (Å²) in [5.41, 5.74) is 7.93. The van der Waals surface area contributed by atoms with Gasteiger partial charge in [0.2, 0.25) is 5.91 Å². The summed E-state index contributed by atoms with van der Waals surface area (Å²) in [4.78, 5) is 26.9. The van der Waals surface area contributed by atoms with Crippen molar-refractivity contribution in [2.24, 2.45) is 5.73 Å². The van der Waals surface area contributed by atoms with Crippen LogP contribution in [0.15, 0.2) is 60.7 Å². The van der Waals surface area contributed by atoms with Crippen LogP contribution in [0, 0.1) is 0 Å². The SMILES string of the molecule is NC(CC(=O)N1CCCCC1CNC(=O)Nc1ccccc1)c1ccccc1. The maximum atomic E-state index is 12.8. The fraction of sp³-hybridized carbons (Fsp3) is 0.364. The molecule has 6 heteroatoms. The number of carbonyl (C=O) groups is 2. The van der Waals surface area contributed by atoms with E-state index in [9.17, 15) is 9.59 Å². The molecule has 0 aliphatic carbocycles. The lowest BCUT2D eigenvalue weighted by Crippen LogP contribution is -2.50. The summed E-state index contributed by atoms with van der Waals surface area (Å²) >= 11 is 0. The Balaban J connectivity index is 1.53. The van der Waals surface area contributed by atoms with Crippen LogP contribution in [0.1, 0.15) is 37.3 Å². The first kappa shape index (κ1) is 19.9. The quantitative estimate of drug-likeness (QED) is 0.719. The standard InChI is InChI=1S/C22H28N4O2/c23-20(17-9-3-1-4-10-17)15-21(27)26-14-8-7-13-19(26)16-24-22(28)25-18-11-5-2-6-12-18/h1-6,9-12,19-20H,7-8,13-16,23H2,(H2,24,25,28). The van der Waals surface area contributed by atoms with Crippen LogP contribution < -0.4 is 16.4 Å². The molecule has 0 radical (unpaired) electrons. The maximum Gasteiger partial charge on any atom is 0.319 e. The number of rotatable bonds is 6. The molecule has 4 N–H and O–H groups in total. The van der Waals surface area contributed by atoms with Crippen molar-refractivity contribution in [2.45, 2.75) is 37.8 Å². The molecule has 2 atom stereocenters. The van der Waals surface area contributed by atoms with Crippen LogP contribution in [0.2, 0.25) is 0 Å². The van der Waals surface area contributed by atoms with Gasteiger partial charge in [-0.2, -0.15) is 0 Å². The molecule has 1 aliphatic rings. The summed E-state index contributed by atoms with van der Waals surface area (Å²) in [6, 6.07) is 18.4. The topological polar surface area (TPSA) is 87.5 Å². The Morgan fingerprint density at radius 2 is 1.71 bits per heavy atom. The molecule has 1 heterocycles. The van der Waals surface area contributed by atoms with E-state index in [-0.39, 0.29) is 30.4 Å². The fourth-order valence-corrected chi connectivity index (χ4v) is 3.57. The van der Waals surface area contributed by atoms with Gasteiger partial charge in [0.05, 0.1) is 0 Å². The lowest BCUT2D eigenvalue weighted by atomic mass is 9.99. The van der Waals surface area contributed by atoms with Crippen LogP contribution >= 0.6 is 0 Å². The Morgan fingerprint density at radius 3 is 2.43 bits per heavy atom. The number of hydrogen-bond acceptors (Lipinski definition) is 3. The number of piperidine rings is 1. The number of nitrogens with one attached hydrogen (secondary N) is 2. The van der Waals surface area contributed by atoms with E-state index in [4.69, 9.17) is 5.73 Å². The van der Waals surface area contributed by atoms with Gasteiger partial charge in [-0.3, -0.25) is 4.79 Å². The lowest BCUT2D eigenvalue weighted by molar-refractivity contribution is -0.135. The van der Waals surface area contributed by atoms with Crippen molar-refractivity contribution in [2.75, 3.05) is 18.4 Å². The minimum atomic E-state index is -0.314. The first-order valence-electron chi connectivity index (χ1n) is 9.83. The van der Waals surface area contributed by atoms with Crippen molar-refractivity contribution in [1.29, 1.82) is 0 Å². The van der Waals surface area contributed by atoms with Crippen LogP contribution in [0.4, 0.5) is 10.5 Å². The maximum absolute atomic E-state index is 12.8. The van der Waals surface area contributed by atoms with Gasteiger partial charge in [0, 0.05) is 37.3 Å². The Labute approximate surface area is 166 Å². The van der Waals surface area contributed by atoms with Gasteiger partial charge in [0.25, 0.3) is 0 Å². The molecule has 1 fully saturated rings. The molecule has 1 aliphatic heterocycles. The summed E-state index contributed by atoms with van der Waals surface area (Å²) in [5, 5.41) is 5.70. The molecular weight excluding hydrogens is 352 g/mol.